The quantitative estimate of drug-likeness (QED) is 0.151. The molecule has 0 fully saturated rings. The van der Waals surface area contributed by atoms with Gasteiger partial charge in [-0.15, -0.1) is 0 Å². The number of hydrogen-bond donors (Lipinski definition) is 7. The van der Waals surface area contributed by atoms with Crippen LogP contribution in [-0.2, 0) is 36.8 Å². The summed E-state index contributed by atoms with van der Waals surface area (Å²) in [5.41, 5.74) is 12.0. The maximum atomic E-state index is 13.2. The van der Waals surface area contributed by atoms with Crippen molar-refractivity contribution in [2.45, 2.75) is 63.7 Å². The molecule has 13 heteroatoms. The first kappa shape index (κ1) is 30.0. The summed E-state index contributed by atoms with van der Waals surface area (Å²) in [6.45, 7) is 3.68. The lowest BCUT2D eigenvalue weighted by Gasteiger charge is -2.26. The number of aromatic amines is 1. The minimum atomic E-state index is -1.25. The van der Waals surface area contributed by atoms with Crippen molar-refractivity contribution >= 4 is 29.6 Å². The van der Waals surface area contributed by atoms with Crippen LogP contribution in [0.1, 0.15) is 37.9 Å². The molecule has 0 spiro atoms. The van der Waals surface area contributed by atoms with Crippen LogP contribution in [0.2, 0.25) is 0 Å². The lowest BCUT2D eigenvalue weighted by Crippen LogP contribution is -2.58. The number of amides is 4. The number of carboxylic acid groups (broad SMARTS) is 1. The lowest BCUT2D eigenvalue weighted by atomic mass is 10.0. The fraction of sp³-hybridized carbons (Fsp3) is 0.440. The number of nitrogens with one attached hydrogen (secondary N) is 4. The Morgan fingerprint density at radius 3 is 2.08 bits per heavy atom. The zero-order valence-electron chi connectivity index (χ0n) is 21.3. The number of nitrogens with two attached hydrogens (primary N) is 2. The molecule has 4 unspecified atom stereocenters. The molecule has 1 aromatic carbocycles. The largest absolute Gasteiger partial charge is 0.480 e. The van der Waals surface area contributed by atoms with Crippen LogP contribution in [0.25, 0.3) is 0 Å². The SMILES string of the molecule is CC(C)CC(NC(=O)C(N)CC(N)=O)C(=O)NC(Cc1cnc[nH]1)C(=O)NC(Cc1ccccc1)C(=O)O. The minimum Gasteiger partial charge on any atom is -0.480 e. The number of H-pyrrole nitrogens is 1. The Bertz CT molecular complexity index is 1090. The maximum Gasteiger partial charge on any atom is 0.326 e. The molecule has 0 saturated carbocycles. The van der Waals surface area contributed by atoms with Crippen molar-refractivity contribution in [3.63, 3.8) is 0 Å². The van der Waals surface area contributed by atoms with Crippen molar-refractivity contribution in [1.82, 2.24) is 25.9 Å². The number of carboxylic acids is 1. The maximum absolute atomic E-state index is 13.2. The van der Waals surface area contributed by atoms with E-state index in [1.54, 1.807) is 30.3 Å². The van der Waals surface area contributed by atoms with Gasteiger partial charge in [-0.3, -0.25) is 19.2 Å². The molecule has 0 saturated heterocycles. The normalized spacial score (nSPS) is 14.1. The van der Waals surface area contributed by atoms with E-state index in [2.05, 4.69) is 25.9 Å². The summed E-state index contributed by atoms with van der Waals surface area (Å²) in [5.74, 6) is -4.17. The molecule has 0 aliphatic heterocycles. The number of aromatic nitrogens is 2. The van der Waals surface area contributed by atoms with Crippen LogP contribution in [0.15, 0.2) is 42.9 Å². The van der Waals surface area contributed by atoms with Gasteiger partial charge < -0.3 is 37.5 Å². The number of aliphatic carboxylic acids is 1. The molecule has 4 atom stereocenters. The molecule has 0 bridgehead atoms. The van der Waals surface area contributed by atoms with Crippen molar-refractivity contribution < 1.29 is 29.1 Å². The van der Waals surface area contributed by atoms with Crippen molar-refractivity contribution in [3.05, 3.63) is 54.1 Å². The van der Waals surface area contributed by atoms with Crippen molar-refractivity contribution in [2.24, 2.45) is 17.4 Å². The zero-order valence-corrected chi connectivity index (χ0v) is 21.3. The second-order valence-corrected chi connectivity index (χ2v) is 9.40. The number of carbonyl (C=O) groups excluding carboxylic acids is 4. The minimum absolute atomic E-state index is 0.0151. The van der Waals surface area contributed by atoms with E-state index < -0.39 is 60.2 Å². The van der Waals surface area contributed by atoms with Crippen LogP contribution in [-0.4, -0.2) is 68.8 Å². The first-order chi connectivity index (χ1) is 18.0. The number of carbonyl (C=O) groups is 5. The van der Waals surface area contributed by atoms with Crippen LogP contribution in [0.3, 0.4) is 0 Å². The van der Waals surface area contributed by atoms with Crippen molar-refractivity contribution in [1.29, 1.82) is 0 Å². The van der Waals surface area contributed by atoms with Crippen LogP contribution >= 0.6 is 0 Å². The van der Waals surface area contributed by atoms with E-state index in [1.165, 1.54) is 12.5 Å². The van der Waals surface area contributed by atoms with Crippen LogP contribution < -0.4 is 27.4 Å². The molecule has 1 aromatic heterocycles. The van der Waals surface area contributed by atoms with Gasteiger partial charge in [-0.05, 0) is 17.9 Å². The van der Waals surface area contributed by atoms with E-state index in [4.69, 9.17) is 11.5 Å². The topological polar surface area (TPSA) is 222 Å². The Labute approximate surface area is 220 Å². The number of hydrogen-bond acceptors (Lipinski definition) is 7. The predicted molar refractivity (Wildman–Crippen MR) is 137 cm³/mol. The lowest BCUT2D eigenvalue weighted by molar-refractivity contribution is -0.142. The van der Waals surface area contributed by atoms with Gasteiger partial charge in [0.1, 0.15) is 18.1 Å². The third kappa shape index (κ3) is 10.0. The number of nitrogens with zero attached hydrogens (tertiary/aromatic N) is 1. The molecular formula is C25H35N7O6. The molecular weight excluding hydrogens is 494 g/mol. The first-order valence-electron chi connectivity index (χ1n) is 12.1. The Morgan fingerprint density at radius 1 is 0.921 bits per heavy atom. The standard InChI is InChI=1S/C25H35N7O6/c1-14(2)8-18(30-22(34)17(26)11-21(27)33)23(35)31-19(10-16-12-28-13-29-16)24(36)32-20(25(37)38)9-15-6-4-3-5-7-15/h3-7,12-14,17-20H,8-11,26H2,1-2H3,(H2,27,33)(H,28,29)(H,30,34)(H,31,35)(H,32,36)(H,37,38). The molecule has 1 heterocycles. The van der Waals surface area contributed by atoms with E-state index in [0.29, 0.717) is 11.3 Å². The first-order valence-corrected chi connectivity index (χ1v) is 12.1. The molecule has 2 aromatic rings. The predicted octanol–water partition coefficient (Wildman–Crippen LogP) is -1.02. The Balaban J connectivity index is 2.20. The number of imidazole rings is 1. The summed E-state index contributed by atoms with van der Waals surface area (Å²) in [6, 6.07) is 4.05. The fourth-order valence-corrected chi connectivity index (χ4v) is 3.71. The van der Waals surface area contributed by atoms with Gasteiger partial charge in [0.05, 0.1) is 18.8 Å². The van der Waals surface area contributed by atoms with Crippen LogP contribution in [0, 0.1) is 5.92 Å². The summed E-state index contributed by atoms with van der Waals surface area (Å²) in [4.78, 5) is 68.7. The number of rotatable bonds is 15. The average molecular weight is 530 g/mol. The van der Waals surface area contributed by atoms with Gasteiger partial charge in [-0.1, -0.05) is 44.2 Å². The van der Waals surface area contributed by atoms with Crippen molar-refractivity contribution in [3.8, 4) is 0 Å². The van der Waals surface area contributed by atoms with Gasteiger partial charge in [0, 0.05) is 24.7 Å². The van der Waals surface area contributed by atoms with Gasteiger partial charge in [0.15, 0.2) is 0 Å². The second-order valence-electron chi connectivity index (χ2n) is 9.40. The molecule has 13 nitrogen and oxygen atoms in total. The van der Waals surface area contributed by atoms with Gasteiger partial charge in [-0.25, -0.2) is 9.78 Å². The Kier molecular flexibility index (Phi) is 11.4. The number of primary amides is 1. The highest BCUT2D eigenvalue weighted by molar-refractivity contribution is 5.95. The second kappa shape index (κ2) is 14.5. The van der Waals surface area contributed by atoms with Gasteiger partial charge >= 0.3 is 5.97 Å². The third-order valence-electron chi connectivity index (χ3n) is 5.61. The fourth-order valence-electron chi connectivity index (χ4n) is 3.71. The molecule has 0 aliphatic carbocycles. The van der Waals surface area contributed by atoms with Crippen LogP contribution in [0.5, 0.6) is 0 Å². The summed E-state index contributed by atoms with van der Waals surface area (Å²) in [7, 11) is 0. The molecule has 2 rings (SSSR count). The Hall–Kier alpha value is -4.26. The van der Waals surface area contributed by atoms with E-state index in [9.17, 15) is 29.1 Å². The summed E-state index contributed by atoms with van der Waals surface area (Å²) >= 11 is 0. The molecule has 38 heavy (non-hydrogen) atoms. The molecule has 206 valence electrons. The smallest absolute Gasteiger partial charge is 0.326 e. The molecule has 0 radical (unpaired) electrons. The van der Waals surface area contributed by atoms with E-state index >= 15 is 0 Å². The summed E-state index contributed by atoms with van der Waals surface area (Å²) in [5, 5.41) is 17.3. The molecule has 0 aliphatic rings. The summed E-state index contributed by atoms with van der Waals surface area (Å²) in [6.07, 6.45) is 2.72. The third-order valence-corrected chi connectivity index (χ3v) is 5.61. The highest BCUT2D eigenvalue weighted by Crippen LogP contribution is 2.09. The van der Waals surface area contributed by atoms with E-state index in [0.717, 1.165) is 0 Å². The van der Waals surface area contributed by atoms with Gasteiger partial charge in [-0.2, -0.15) is 0 Å². The monoisotopic (exact) mass is 529 g/mol. The van der Waals surface area contributed by atoms with E-state index in [-0.39, 0.29) is 25.2 Å². The molecule has 9 N–H and O–H groups in total. The number of benzene rings is 1. The van der Waals surface area contributed by atoms with Gasteiger partial charge in [0.25, 0.3) is 0 Å². The summed E-state index contributed by atoms with van der Waals surface area (Å²) < 4.78 is 0. The van der Waals surface area contributed by atoms with Crippen LogP contribution in [0.4, 0.5) is 0 Å². The highest BCUT2D eigenvalue weighted by atomic mass is 16.4. The van der Waals surface area contributed by atoms with Gasteiger partial charge in [0.2, 0.25) is 23.6 Å². The van der Waals surface area contributed by atoms with E-state index in [1.807, 2.05) is 13.8 Å². The zero-order chi connectivity index (χ0) is 28.2. The molecule has 4 amide bonds. The highest BCUT2D eigenvalue weighted by Gasteiger charge is 2.31. The Morgan fingerprint density at radius 2 is 1.53 bits per heavy atom. The average Bonchev–Trinajstić information content (AvgIpc) is 3.35. The van der Waals surface area contributed by atoms with Crippen molar-refractivity contribution in [2.75, 3.05) is 0 Å².